The summed E-state index contributed by atoms with van der Waals surface area (Å²) in [5, 5.41) is 0. The van der Waals surface area contributed by atoms with Gasteiger partial charge >= 0.3 is 0 Å². The summed E-state index contributed by atoms with van der Waals surface area (Å²) >= 11 is 0. The van der Waals surface area contributed by atoms with Crippen LogP contribution in [0.3, 0.4) is 0 Å². The van der Waals surface area contributed by atoms with Gasteiger partial charge in [-0.15, -0.1) is 0 Å². The second-order valence-corrected chi connectivity index (χ2v) is 8.35. The molecule has 0 unspecified atom stereocenters. The molecule has 0 heterocycles. The fourth-order valence-electron chi connectivity index (χ4n) is 5.39. The Morgan fingerprint density at radius 2 is 1.05 bits per heavy atom. The molecule has 0 aromatic rings. The lowest BCUT2D eigenvalue weighted by molar-refractivity contribution is 0.0339. The van der Waals surface area contributed by atoms with Crippen molar-refractivity contribution < 1.29 is 0 Å². The molecule has 124 valence electrons. The Morgan fingerprint density at radius 3 is 1.33 bits per heavy atom. The highest BCUT2D eigenvalue weighted by atomic mass is 14.7. The minimum atomic E-state index is 0.469. The summed E-state index contributed by atoms with van der Waals surface area (Å²) in [5.41, 5.74) is 13.6. The van der Waals surface area contributed by atoms with Gasteiger partial charge in [-0.05, 0) is 81.5 Å². The molecular formula is C19H38N2. The van der Waals surface area contributed by atoms with Crippen molar-refractivity contribution in [3.05, 3.63) is 0 Å². The molecule has 2 heteroatoms. The predicted molar refractivity (Wildman–Crippen MR) is 92.2 cm³/mol. The topological polar surface area (TPSA) is 52.0 Å². The maximum atomic E-state index is 6.18. The molecular weight excluding hydrogens is 256 g/mol. The number of hydrogen-bond donors (Lipinski definition) is 2. The van der Waals surface area contributed by atoms with Gasteiger partial charge in [0.2, 0.25) is 0 Å². The zero-order valence-electron chi connectivity index (χ0n) is 14.5. The lowest BCUT2D eigenvalue weighted by Crippen LogP contribution is -2.41. The van der Waals surface area contributed by atoms with Crippen molar-refractivity contribution in [3.63, 3.8) is 0 Å². The maximum absolute atomic E-state index is 6.18. The average molecular weight is 295 g/mol. The summed E-state index contributed by atoms with van der Waals surface area (Å²) in [6, 6.07) is 0.939. The second-order valence-electron chi connectivity index (χ2n) is 8.35. The molecule has 0 aromatic carbocycles. The highest BCUT2D eigenvalue weighted by Crippen LogP contribution is 2.54. The number of nitrogens with two attached hydrogens (primary N) is 2. The molecule has 0 atom stereocenters. The van der Waals surface area contributed by atoms with E-state index in [2.05, 4.69) is 13.8 Å². The molecule has 0 saturated heterocycles. The smallest absolute Gasteiger partial charge is 0.00392 e. The second kappa shape index (κ2) is 7.46. The third kappa shape index (κ3) is 4.45. The lowest BCUT2D eigenvalue weighted by atomic mass is 9.57. The molecule has 0 radical (unpaired) electrons. The minimum absolute atomic E-state index is 0.469. The van der Waals surface area contributed by atoms with Crippen LogP contribution in [0.15, 0.2) is 0 Å². The van der Waals surface area contributed by atoms with E-state index < -0.39 is 0 Å². The van der Waals surface area contributed by atoms with E-state index in [-0.39, 0.29) is 0 Å². The van der Waals surface area contributed by atoms with Crippen LogP contribution < -0.4 is 11.5 Å². The van der Waals surface area contributed by atoms with Crippen LogP contribution in [0.25, 0.3) is 0 Å². The van der Waals surface area contributed by atoms with Crippen LogP contribution in [-0.2, 0) is 0 Å². The third-order valence-electron chi connectivity index (χ3n) is 6.49. The van der Waals surface area contributed by atoms with Crippen LogP contribution in [0.5, 0.6) is 0 Å². The van der Waals surface area contributed by atoms with E-state index in [1.54, 1.807) is 0 Å². The van der Waals surface area contributed by atoms with Crippen molar-refractivity contribution >= 4 is 0 Å². The van der Waals surface area contributed by atoms with Crippen molar-refractivity contribution in [2.45, 2.75) is 109 Å². The SMILES string of the molecule is CCCC1(CC2(CCC)CCC(N)CC2)CCC(N)CC1. The van der Waals surface area contributed by atoms with Gasteiger partial charge in [-0.1, -0.05) is 26.7 Å². The van der Waals surface area contributed by atoms with Gasteiger partial charge in [0.15, 0.2) is 0 Å². The molecule has 0 aromatic heterocycles. The van der Waals surface area contributed by atoms with Gasteiger partial charge < -0.3 is 11.5 Å². The quantitative estimate of drug-likeness (QED) is 0.742. The largest absolute Gasteiger partial charge is 0.328 e. The van der Waals surface area contributed by atoms with E-state index in [0.29, 0.717) is 22.9 Å². The van der Waals surface area contributed by atoms with Crippen LogP contribution in [0, 0.1) is 10.8 Å². The molecule has 2 rings (SSSR count). The van der Waals surface area contributed by atoms with E-state index in [1.165, 1.54) is 83.5 Å². The van der Waals surface area contributed by atoms with Gasteiger partial charge in [-0.3, -0.25) is 0 Å². The molecule has 0 aliphatic heterocycles. The Balaban J connectivity index is 2.08. The van der Waals surface area contributed by atoms with Gasteiger partial charge in [0.05, 0.1) is 0 Å². The zero-order chi connectivity index (χ0) is 15.3. The first kappa shape index (κ1) is 17.3. The summed E-state index contributed by atoms with van der Waals surface area (Å²) < 4.78 is 0. The van der Waals surface area contributed by atoms with Crippen LogP contribution in [0.2, 0.25) is 0 Å². The van der Waals surface area contributed by atoms with Crippen molar-refractivity contribution in [2.75, 3.05) is 0 Å². The maximum Gasteiger partial charge on any atom is 0.00392 e. The van der Waals surface area contributed by atoms with Crippen molar-refractivity contribution in [3.8, 4) is 0 Å². The van der Waals surface area contributed by atoms with Gasteiger partial charge in [0.25, 0.3) is 0 Å². The number of hydrogen-bond acceptors (Lipinski definition) is 2. The Morgan fingerprint density at radius 1 is 0.714 bits per heavy atom. The minimum Gasteiger partial charge on any atom is -0.328 e. The van der Waals surface area contributed by atoms with Crippen LogP contribution in [0.1, 0.15) is 97.3 Å². The third-order valence-corrected chi connectivity index (χ3v) is 6.49. The van der Waals surface area contributed by atoms with Crippen LogP contribution in [-0.4, -0.2) is 12.1 Å². The Hall–Kier alpha value is -0.0800. The summed E-state index contributed by atoms with van der Waals surface area (Å²) in [7, 11) is 0. The lowest BCUT2D eigenvalue weighted by Gasteiger charge is -2.49. The highest BCUT2D eigenvalue weighted by Gasteiger charge is 2.43. The predicted octanol–water partition coefficient (Wildman–Crippen LogP) is 4.75. The fourth-order valence-corrected chi connectivity index (χ4v) is 5.39. The van der Waals surface area contributed by atoms with E-state index in [4.69, 9.17) is 11.5 Å². The van der Waals surface area contributed by atoms with Crippen LogP contribution >= 0.6 is 0 Å². The molecule has 2 aliphatic rings. The summed E-state index contributed by atoms with van der Waals surface area (Å²) in [4.78, 5) is 0. The standard InChI is InChI=1S/C19H38N2/c1-3-9-18(11-5-16(20)6-12-18)15-19(10-4-2)13-7-17(21)8-14-19/h16-17H,3-15,20-21H2,1-2H3. The first-order valence-corrected chi connectivity index (χ1v) is 9.54. The zero-order valence-corrected chi connectivity index (χ0v) is 14.5. The van der Waals surface area contributed by atoms with Gasteiger partial charge in [-0.2, -0.15) is 0 Å². The molecule has 0 bridgehead atoms. The Kier molecular flexibility index (Phi) is 6.14. The Labute approximate surface area is 132 Å². The van der Waals surface area contributed by atoms with Gasteiger partial charge in [0.1, 0.15) is 0 Å². The summed E-state index contributed by atoms with van der Waals surface area (Å²) in [6.45, 7) is 4.72. The molecule has 2 aliphatic carbocycles. The fraction of sp³-hybridized carbons (Fsp3) is 1.00. The first-order chi connectivity index (χ1) is 10.0. The number of rotatable bonds is 6. The van der Waals surface area contributed by atoms with E-state index in [9.17, 15) is 0 Å². The van der Waals surface area contributed by atoms with E-state index in [0.717, 1.165) is 0 Å². The molecule has 0 amide bonds. The van der Waals surface area contributed by atoms with Crippen molar-refractivity contribution in [1.29, 1.82) is 0 Å². The van der Waals surface area contributed by atoms with Crippen molar-refractivity contribution in [2.24, 2.45) is 22.3 Å². The van der Waals surface area contributed by atoms with Crippen molar-refractivity contribution in [1.82, 2.24) is 0 Å². The Bertz CT molecular complexity index is 267. The molecule has 4 N–H and O–H groups in total. The summed E-state index contributed by atoms with van der Waals surface area (Å²) in [5.74, 6) is 0. The molecule has 21 heavy (non-hydrogen) atoms. The highest BCUT2D eigenvalue weighted by molar-refractivity contribution is 4.96. The summed E-state index contributed by atoms with van der Waals surface area (Å²) in [6.07, 6.45) is 17.5. The molecule has 2 saturated carbocycles. The average Bonchev–Trinajstić information content (AvgIpc) is 2.46. The molecule has 2 nitrogen and oxygen atoms in total. The monoisotopic (exact) mass is 294 g/mol. The van der Waals surface area contributed by atoms with Crippen LogP contribution in [0.4, 0.5) is 0 Å². The van der Waals surface area contributed by atoms with E-state index >= 15 is 0 Å². The molecule has 2 fully saturated rings. The molecule has 0 spiro atoms. The van der Waals surface area contributed by atoms with Gasteiger partial charge in [-0.25, -0.2) is 0 Å². The first-order valence-electron chi connectivity index (χ1n) is 9.54. The van der Waals surface area contributed by atoms with Gasteiger partial charge in [0, 0.05) is 12.1 Å². The van der Waals surface area contributed by atoms with E-state index in [1.807, 2.05) is 0 Å². The normalized spacial score (nSPS) is 41.1.